The number of thiocarbonyl (C=S) groups is 1. The Balaban J connectivity index is 2.22. The van der Waals surface area contributed by atoms with Crippen LogP contribution in [0.2, 0.25) is 0 Å². The van der Waals surface area contributed by atoms with Crippen LogP contribution in [0.25, 0.3) is 0 Å². The first-order valence-electron chi connectivity index (χ1n) is 4.61. The van der Waals surface area contributed by atoms with Gasteiger partial charge in [0.25, 0.3) is 0 Å². The summed E-state index contributed by atoms with van der Waals surface area (Å²) in [5.41, 5.74) is 7.47. The van der Waals surface area contributed by atoms with E-state index in [1.165, 1.54) is 0 Å². The molecule has 1 aliphatic rings. The molecule has 1 saturated heterocycles. The average Bonchev–Trinajstić information content (AvgIpc) is 2.58. The molecule has 78 valence electrons. The van der Waals surface area contributed by atoms with Crippen LogP contribution in [-0.4, -0.2) is 17.6 Å². The van der Waals surface area contributed by atoms with Crippen LogP contribution in [-0.2, 0) is 11.3 Å². The highest BCUT2D eigenvalue weighted by atomic mass is 32.1. The number of benzene rings is 1. The zero-order valence-corrected chi connectivity index (χ0v) is 8.88. The van der Waals surface area contributed by atoms with Crippen LogP contribution in [0.15, 0.2) is 24.3 Å². The molecule has 0 aromatic heterocycles. The zero-order chi connectivity index (χ0) is 10.8. The van der Waals surface area contributed by atoms with E-state index in [1.807, 2.05) is 24.3 Å². The summed E-state index contributed by atoms with van der Waals surface area (Å²) < 4.78 is 0. The van der Waals surface area contributed by atoms with Gasteiger partial charge in [0, 0.05) is 12.2 Å². The number of hydrogen-bond acceptors (Lipinski definition) is 3. The Morgan fingerprint density at radius 3 is 2.53 bits per heavy atom. The Morgan fingerprint density at radius 2 is 2.07 bits per heavy atom. The maximum atomic E-state index is 11.1. The maximum Gasteiger partial charge on any atom is 0.246 e. The van der Waals surface area contributed by atoms with Crippen LogP contribution in [0.5, 0.6) is 0 Å². The smallest absolute Gasteiger partial charge is 0.246 e. The molecule has 1 aliphatic heterocycles. The Kier molecular flexibility index (Phi) is 2.66. The molecular formula is C10H11N3OS. The molecule has 0 radical (unpaired) electrons. The molecule has 4 nitrogen and oxygen atoms in total. The Labute approximate surface area is 93.1 Å². The van der Waals surface area contributed by atoms with Crippen molar-refractivity contribution in [3.8, 4) is 0 Å². The van der Waals surface area contributed by atoms with Crippen LogP contribution in [0.4, 0.5) is 5.69 Å². The van der Waals surface area contributed by atoms with E-state index in [-0.39, 0.29) is 5.91 Å². The quantitative estimate of drug-likeness (QED) is 0.708. The van der Waals surface area contributed by atoms with Crippen molar-refractivity contribution in [2.24, 2.45) is 5.73 Å². The van der Waals surface area contributed by atoms with Gasteiger partial charge in [0.05, 0.1) is 0 Å². The summed E-state index contributed by atoms with van der Waals surface area (Å²) in [7, 11) is 0. The van der Waals surface area contributed by atoms with Gasteiger partial charge >= 0.3 is 0 Å². The number of hydrogen-bond donors (Lipinski definition) is 2. The summed E-state index contributed by atoms with van der Waals surface area (Å²) in [5.74, 6) is -0.0668. The molecule has 15 heavy (non-hydrogen) atoms. The summed E-state index contributed by atoms with van der Waals surface area (Å²) in [6.45, 7) is 0.808. The monoisotopic (exact) mass is 221 g/mol. The van der Waals surface area contributed by atoms with Crippen molar-refractivity contribution in [2.75, 3.05) is 11.4 Å². The summed E-state index contributed by atoms with van der Waals surface area (Å²) in [6, 6.07) is 7.69. The summed E-state index contributed by atoms with van der Waals surface area (Å²) in [4.78, 5) is 12.9. The van der Waals surface area contributed by atoms with Crippen molar-refractivity contribution in [3.63, 3.8) is 0 Å². The molecule has 1 aromatic carbocycles. The largest absolute Gasteiger partial charge is 0.326 e. The molecule has 0 atom stereocenters. The third kappa shape index (κ3) is 1.98. The zero-order valence-electron chi connectivity index (χ0n) is 8.06. The van der Waals surface area contributed by atoms with Gasteiger partial charge in [-0.05, 0) is 29.9 Å². The number of carbonyl (C=O) groups excluding carboxylic acids is 1. The molecule has 0 unspecified atom stereocenters. The molecule has 2 rings (SSSR count). The van der Waals surface area contributed by atoms with Crippen LogP contribution in [0.3, 0.4) is 0 Å². The summed E-state index contributed by atoms with van der Waals surface area (Å²) in [6.07, 6.45) is 0. The predicted octanol–water partition coefficient (Wildman–Crippen LogP) is 0.366. The second-order valence-electron chi connectivity index (χ2n) is 3.31. The normalized spacial score (nSPS) is 15.7. The second kappa shape index (κ2) is 3.96. The van der Waals surface area contributed by atoms with Gasteiger partial charge in [-0.25, -0.2) is 0 Å². The van der Waals surface area contributed by atoms with E-state index >= 15 is 0 Å². The van der Waals surface area contributed by atoms with E-state index in [9.17, 15) is 4.79 Å². The van der Waals surface area contributed by atoms with Crippen molar-refractivity contribution in [1.29, 1.82) is 0 Å². The highest BCUT2D eigenvalue weighted by molar-refractivity contribution is 7.80. The first kappa shape index (κ1) is 10.1. The van der Waals surface area contributed by atoms with Crippen LogP contribution < -0.4 is 16.0 Å². The van der Waals surface area contributed by atoms with Crippen molar-refractivity contribution < 1.29 is 4.79 Å². The molecule has 0 aliphatic carbocycles. The first-order chi connectivity index (χ1) is 7.20. The van der Waals surface area contributed by atoms with Gasteiger partial charge in [-0.1, -0.05) is 12.1 Å². The van der Waals surface area contributed by atoms with Gasteiger partial charge < -0.3 is 16.0 Å². The van der Waals surface area contributed by atoms with Crippen molar-refractivity contribution in [3.05, 3.63) is 29.8 Å². The lowest BCUT2D eigenvalue weighted by Crippen LogP contribution is -2.27. The lowest BCUT2D eigenvalue weighted by molar-refractivity contribution is -0.117. The minimum Gasteiger partial charge on any atom is -0.326 e. The van der Waals surface area contributed by atoms with Crippen LogP contribution in [0.1, 0.15) is 5.56 Å². The fourth-order valence-electron chi connectivity index (χ4n) is 1.46. The number of amides is 1. The van der Waals surface area contributed by atoms with E-state index in [2.05, 4.69) is 5.32 Å². The van der Waals surface area contributed by atoms with Crippen LogP contribution >= 0.6 is 12.2 Å². The average molecular weight is 221 g/mol. The fourth-order valence-corrected chi connectivity index (χ4v) is 1.75. The summed E-state index contributed by atoms with van der Waals surface area (Å²) >= 11 is 5.03. The topological polar surface area (TPSA) is 58.4 Å². The van der Waals surface area contributed by atoms with E-state index in [1.54, 1.807) is 4.90 Å². The number of nitrogens with one attached hydrogen (secondary N) is 1. The van der Waals surface area contributed by atoms with E-state index < -0.39 is 0 Å². The Hall–Kier alpha value is -1.46. The second-order valence-corrected chi connectivity index (χ2v) is 3.70. The molecule has 1 aromatic rings. The lowest BCUT2D eigenvalue weighted by Gasteiger charge is -2.15. The Morgan fingerprint density at radius 1 is 1.40 bits per heavy atom. The number of carbonyl (C=O) groups is 1. The van der Waals surface area contributed by atoms with Gasteiger partial charge in [0.15, 0.2) is 5.11 Å². The van der Waals surface area contributed by atoms with Gasteiger partial charge in [0.2, 0.25) is 5.91 Å². The SMILES string of the molecule is NCc1ccc(N2CC(=O)NC2=S)cc1. The molecule has 1 fully saturated rings. The minimum atomic E-state index is -0.0668. The van der Waals surface area contributed by atoms with Gasteiger partial charge in [0.1, 0.15) is 6.54 Å². The first-order valence-corrected chi connectivity index (χ1v) is 5.02. The van der Waals surface area contributed by atoms with Crippen LogP contribution in [0, 0.1) is 0 Å². The van der Waals surface area contributed by atoms with Crippen molar-refractivity contribution in [2.45, 2.75) is 6.54 Å². The number of nitrogens with zero attached hydrogens (tertiary/aromatic N) is 1. The third-order valence-electron chi connectivity index (χ3n) is 2.28. The molecule has 0 bridgehead atoms. The molecular weight excluding hydrogens is 210 g/mol. The van der Waals surface area contributed by atoms with E-state index in [0.717, 1.165) is 11.3 Å². The molecule has 1 heterocycles. The minimum absolute atomic E-state index is 0.0668. The predicted molar refractivity (Wildman–Crippen MR) is 62.4 cm³/mol. The molecule has 0 spiro atoms. The lowest BCUT2D eigenvalue weighted by atomic mass is 10.2. The van der Waals surface area contributed by atoms with Gasteiger partial charge in [-0.2, -0.15) is 0 Å². The highest BCUT2D eigenvalue weighted by Gasteiger charge is 2.24. The Bertz CT molecular complexity index is 402. The third-order valence-corrected chi connectivity index (χ3v) is 2.60. The highest BCUT2D eigenvalue weighted by Crippen LogP contribution is 2.17. The van der Waals surface area contributed by atoms with Crippen molar-refractivity contribution >= 4 is 28.9 Å². The summed E-state index contributed by atoms with van der Waals surface area (Å²) in [5, 5.41) is 3.05. The standard InChI is InChI=1S/C10H11N3OS/c11-5-7-1-3-8(4-2-7)13-6-9(14)12-10(13)15/h1-4H,5-6,11H2,(H,12,14,15). The maximum absolute atomic E-state index is 11.1. The van der Waals surface area contributed by atoms with E-state index in [4.69, 9.17) is 18.0 Å². The fraction of sp³-hybridized carbons (Fsp3) is 0.200. The van der Waals surface area contributed by atoms with E-state index in [0.29, 0.717) is 18.2 Å². The number of anilines is 1. The molecule has 5 heteroatoms. The van der Waals surface area contributed by atoms with Gasteiger partial charge in [-0.15, -0.1) is 0 Å². The molecule has 3 N–H and O–H groups in total. The number of rotatable bonds is 2. The van der Waals surface area contributed by atoms with Gasteiger partial charge in [-0.3, -0.25) is 4.79 Å². The molecule has 1 amide bonds. The number of nitrogens with two attached hydrogens (primary N) is 1. The molecule has 0 saturated carbocycles. The van der Waals surface area contributed by atoms with Crippen molar-refractivity contribution in [1.82, 2.24) is 5.32 Å².